The number of fused-ring (bicyclic) bond motifs is 1. The van der Waals surface area contributed by atoms with Crippen molar-refractivity contribution in [2.45, 2.75) is 51.1 Å². The number of hydrogen-bond donors (Lipinski definition) is 2. The van der Waals surface area contributed by atoms with E-state index in [1.165, 1.54) is 0 Å². The minimum atomic E-state index is -0.233. The van der Waals surface area contributed by atoms with Gasteiger partial charge in [0.2, 0.25) is 0 Å². The first kappa shape index (κ1) is 18.5. The highest BCUT2D eigenvalue weighted by molar-refractivity contribution is 5.97. The van der Waals surface area contributed by atoms with Crippen molar-refractivity contribution in [3.63, 3.8) is 0 Å². The summed E-state index contributed by atoms with van der Waals surface area (Å²) in [6.07, 6.45) is 5.52. The van der Waals surface area contributed by atoms with Crippen LogP contribution in [-0.4, -0.2) is 41.1 Å². The first-order valence-electron chi connectivity index (χ1n) is 9.97. The number of carbonyl (C=O) groups excluding carboxylic acids is 2. The van der Waals surface area contributed by atoms with Gasteiger partial charge >= 0.3 is 0 Å². The van der Waals surface area contributed by atoms with Crippen LogP contribution < -0.4 is 15.4 Å². The molecule has 2 heterocycles. The average molecular weight is 382 g/mol. The number of nitrogens with one attached hydrogen (secondary N) is 2. The van der Waals surface area contributed by atoms with E-state index in [2.05, 4.69) is 15.6 Å². The third-order valence-electron chi connectivity index (χ3n) is 5.32. The summed E-state index contributed by atoms with van der Waals surface area (Å²) < 4.78 is 7.28. The van der Waals surface area contributed by atoms with E-state index in [9.17, 15) is 9.59 Å². The summed E-state index contributed by atoms with van der Waals surface area (Å²) in [4.78, 5) is 29.8. The average Bonchev–Trinajstić information content (AvgIpc) is 3.44. The number of ether oxygens (including phenoxy) is 1. The lowest BCUT2D eigenvalue weighted by Crippen LogP contribution is -2.29. The van der Waals surface area contributed by atoms with Crippen molar-refractivity contribution in [3.05, 3.63) is 47.0 Å². The molecule has 2 aromatic rings. The number of benzene rings is 1. The van der Waals surface area contributed by atoms with E-state index < -0.39 is 0 Å². The Balaban J connectivity index is 1.46. The van der Waals surface area contributed by atoms with Gasteiger partial charge in [0.05, 0.1) is 12.8 Å². The molecule has 1 aliphatic heterocycles. The number of amides is 2. The van der Waals surface area contributed by atoms with Crippen LogP contribution in [0.25, 0.3) is 0 Å². The van der Waals surface area contributed by atoms with Gasteiger partial charge in [0.15, 0.2) is 5.82 Å². The summed E-state index contributed by atoms with van der Waals surface area (Å²) >= 11 is 0. The lowest BCUT2D eigenvalue weighted by molar-refractivity contribution is 0.0938. The van der Waals surface area contributed by atoms with Crippen LogP contribution in [0, 0.1) is 0 Å². The third kappa shape index (κ3) is 3.88. The van der Waals surface area contributed by atoms with Crippen molar-refractivity contribution >= 4 is 11.8 Å². The Bertz CT molecular complexity index is 886. The highest BCUT2D eigenvalue weighted by Gasteiger charge is 2.30. The molecule has 7 nitrogen and oxygen atoms in total. The summed E-state index contributed by atoms with van der Waals surface area (Å²) in [5, 5.41) is 5.93. The first-order valence-corrected chi connectivity index (χ1v) is 9.97. The fraction of sp³-hybridized carbons (Fsp3) is 0.476. The highest BCUT2D eigenvalue weighted by atomic mass is 16.5. The lowest BCUT2D eigenvalue weighted by Gasteiger charge is -2.17. The van der Waals surface area contributed by atoms with Crippen molar-refractivity contribution < 1.29 is 14.3 Å². The number of methoxy groups -OCH3 is 1. The Morgan fingerprint density at radius 2 is 2.04 bits per heavy atom. The Morgan fingerprint density at radius 1 is 1.21 bits per heavy atom. The minimum Gasteiger partial charge on any atom is -0.496 e. The number of nitrogens with zero attached hydrogens (tertiary/aromatic N) is 2. The van der Waals surface area contributed by atoms with Crippen LogP contribution in [-0.2, 0) is 19.4 Å². The number of hydrogen-bond acceptors (Lipinski definition) is 4. The molecule has 2 amide bonds. The second kappa shape index (κ2) is 8.04. The maximum atomic E-state index is 12.8. The predicted molar refractivity (Wildman–Crippen MR) is 105 cm³/mol. The van der Waals surface area contributed by atoms with Crippen molar-refractivity contribution in [1.29, 1.82) is 0 Å². The standard InChI is InChI=1S/C21H26N4O3/c1-28-17-8-3-2-6-14(17)11-12-22-21(27)19-24-18(20(26)23-15-9-10-15)16-7-4-5-13-25(16)19/h2-3,6,8,15H,4-5,7,9-13H2,1H3,(H,22,27)(H,23,26). The first-order chi connectivity index (χ1) is 13.7. The van der Waals surface area contributed by atoms with Crippen LogP contribution in [0.3, 0.4) is 0 Å². The molecule has 0 bridgehead atoms. The second-order valence-electron chi connectivity index (χ2n) is 7.40. The van der Waals surface area contributed by atoms with Gasteiger partial charge < -0.3 is 19.9 Å². The maximum Gasteiger partial charge on any atom is 0.287 e. The maximum absolute atomic E-state index is 12.8. The van der Waals surface area contributed by atoms with E-state index in [-0.39, 0.29) is 17.9 Å². The molecule has 1 fully saturated rings. The number of para-hydroxylation sites is 1. The van der Waals surface area contributed by atoms with Crippen LogP contribution in [0.15, 0.2) is 24.3 Å². The molecule has 148 valence electrons. The van der Waals surface area contributed by atoms with Gasteiger partial charge in [-0.2, -0.15) is 0 Å². The molecule has 2 N–H and O–H groups in total. The van der Waals surface area contributed by atoms with Crippen LogP contribution in [0.5, 0.6) is 5.75 Å². The molecule has 2 aliphatic rings. The SMILES string of the molecule is COc1ccccc1CCNC(=O)c1nc(C(=O)NC2CC2)c2n1CCCC2. The molecular weight excluding hydrogens is 356 g/mol. The summed E-state index contributed by atoms with van der Waals surface area (Å²) in [5.74, 6) is 0.773. The molecular formula is C21H26N4O3. The fourth-order valence-electron chi connectivity index (χ4n) is 3.68. The molecule has 0 unspecified atom stereocenters. The Morgan fingerprint density at radius 3 is 2.82 bits per heavy atom. The molecule has 1 saturated carbocycles. The second-order valence-corrected chi connectivity index (χ2v) is 7.40. The molecule has 4 rings (SSSR count). The van der Waals surface area contributed by atoms with Gasteiger partial charge in [0.25, 0.3) is 11.8 Å². The van der Waals surface area contributed by atoms with E-state index in [0.29, 0.717) is 24.5 Å². The summed E-state index contributed by atoms with van der Waals surface area (Å²) in [6, 6.07) is 8.04. The van der Waals surface area contributed by atoms with E-state index in [0.717, 1.165) is 55.7 Å². The smallest absolute Gasteiger partial charge is 0.287 e. The third-order valence-corrected chi connectivity index (χ3v) is 5.32. The molecule has 0 saturated heterocycles. The van der Waals surface area contributed by atoms with E-state index >= 15 is 0 Å². The molecule has 1 aromatic heterocycles. The number of aromatic nitrogens is 2. The van der Waals surface area contributed by atoms with Crippen molar-refractivity contribution in [3.8, 4) is 5.75 Å². The van der Waals surface area contributed by atoms with Gasteiger partial charge in [0.1, 0.15) is 11.4 Å². The van der Waals surface area contributed by atoms with E-state index in [1.807, 2.05) is 28.8 Å². The number of rotatable bonds is 7. The fourth-order valence-corrected chi connectivity index (χ4v) is 3.68. The van der Waals surface area contributed by atoms with Crippen molar-refractivity contribution in [2.24, 2.45) is 0 Å². The zero-order chi connectivity index (χ0) is 19.5. The van der Waals surface area contributed by atoms with Gasteiger partial charge in [-0.15, -0.1) is 0 Å². The number of carbonyl (C=O) groups is 2. The normalized spacial score (nSPS) is 15.6. The Kier molecular flexibility index (Phi) is 5.32. The number of imidazole rings is 1. The Hall–Kier alpha value is -2.83. The summed E-state index contributed by atoms with van der Waals surface area (Å²) in [5.41, 5.74) is 2.35. The predicted octanol–water partition coefficient (Wildman–Crippen LogP) is 2.09. The van der Waals surface area contributed by atoms with Crippen molar-refractivity contribution in [1.82, 2.24) is 20.2 Å². The summed E-state index contributed by atoms with van der Waals surface area (Å²) in [6.45, 7) is 1.21. The summed E-state index contributed by atoms with van der Waals surface area (Å²) in [7, 11) is 1.64. The molecule has 1 aromatic carbocycles. The van der Waals surface area contributed by atoms with Gasteiger partial charge in [-0.05, 0) is 50.2 Å². The topological polar surface area (TPSA) is 85.2 Å². The van der Waals surface area contributed by atoms with E-state index in [1.54, 1.807) is 7.11 Å². The Labute approximate surface area is 164 Å². The monoisotopic (exact) mass is 382 g/mol. The zero-order valence-electron chi connectivity index (χ0n) is 16.2. The zero-order valence-corrected chi connectivity index (χ0v) is 16.2. The van der Waals surface area contributed by atoms with Crippen LogP contribution >= 0.6 is 0 Å². The minimum absolute atomic E-state index is 0.152. The molecule has 0 atom stereocenters. The largest absolute Gasteiger partial charge is 0.496 e. The molecule has 1 aliphatic carbocycles. The van der Waals surface area contributed by atoms with Gasteiger partial charge in [-0.1, -0.05) is 18.2 Å². The van der Waals surface area contributed by atoms with Gasteiger partial charge in [-0.25, -0.2) is 4.98 Å². The van der Waals surface area contributed by atoms with Gasteiger partial charge in [0, 0.05) is 19.1 Å². The molecule has 7 heteroatoms. The van der Waals surface area contributed by atoms with Crippen molar-refractivity contribution in [2.75, 3.05) is 13.7 Å². The quantitative estimate of drug-likeness (QED) is 0.768. The molecule has 0 spiro atoms. The lowest BCUT2D eigenvalue weighted by atomic mass is 10.1. The van der Waals surface area contributed by atoms with E-state index in [4.69, 9.17) is 4.74 Å². The van der Waals surface area contributed by atoms with Crippen LogP contribution in [0.1, 0.15) is 58.0 Å². The van der Waals surface area contributed by atoms with Gasteiger partial charge in [-0.3, -0.25) is 9.59 Å². The van der Waals surface area contributed by atoms with Crippen LogP contribution in [0.2, 0.25) is 0 Å². The molecule has 0 radical (unpaired) electrons. The van der Waals surface area contributed by atoms with Crippen LogP contribution in [0.4, 0.5) is 0 Å². The molecule has 28 heavy (non-hydrogen) atoms. The highest BCUT2D eigenvalue weighted by Crippen LogP contribution is 2.24.